The third-order valence-electron chi connectivity index (χ3n) is 4.49. The molecule has 0 aromatic carbocycles. The standard InChI is InChI=1S/C14H27N3O/c1-14(2,15-3)10-17-9-12(16-13(17)18)11-7-5-4-6-8-11/h11-12,15H,4-10H2,1-3H3,(H,16,18). The Balaban J connectivity index is 1.90. The smallest absolute Gasteiger partial charge is 0.317 e. The first-order valence-electron chi connectivity index (χ1n) is 7.26. The summed E-state index contributed by atoms with van der Waals surface area (Å²) in [6.07, 6.45) is 6.61. The lowest BCUT2D eigenvalue weighted by Gasteiger charge is -2.30. The fraction of sp³-hybridized carbons (Fsp3) is 0.929. The van der Waals surface area contributed by atoms with Crippen LogP contribution in [0.3, 0.4) is 0 Å². The van der Waals surface area contributed by atoms with Crippen molar-refractivity contribution in [2.45, 2.75) is 57.5 Å². The number of likely N-dealkylation sites (N-methyl/N-ethyl adjacent to an activating group) is 1. The quantitative estimate of drug-likeness (QED) is 0.804. The molecule has 1 aliphatic heterocycles. The van der Waals surface area contributed by atoms with Gasteiger partial charge in [0.15, 0.2) is 0 Å². The Bertz CT molecular complexity index is 297. The van der Waals surface area contributed by atoms with E-state index in [0.717, 1.165) is 13.1 Å². The van der Waals surface area contributed by atoms with Gasteiger partial charge in [-0.1, -0.05) is 19.3 Å². The van der Waals surface area contributed by atoms with E-state index < -0.39 is 0 Å². The van der Waals surface area contributed by atoms with E-state index in [0.29, 0.717) is 12.0 Å². The van der Waals surface area contributed by atoms with Crippen molar-refractivity contribution in [1.29, 1.82) is 0 Å². The van der Waals surface area contributed by atoms with Crippen LogP contribution >= 0.6 is 0 Å². The topological polar surface area (TPSA) is 44.4 Å². The van der Waals surface area contributed by atoms with E-state index in [1.165, 1.54) is 32.1 Å². The number of carbonyl (C=O) groups is 1. The molecule has 0 spiro atoms. The van der Waals surface area contributed by atoms with Gasteiger partial charge in [-0.3, -0.25) is 0 Å². The molecule has 2 aliphatic rings. The van der Waals surface area contributed by atoms with Gasteiger partial charge in [0.1, 0.15) is 0 Å². The fourth-order valence-corrected chi connectivity index (χ4v) is 3.11. The van der Waals surface area contributed by atoms with Crippen molar-refractivity contribution in [3.63, 3.8) is 0 Å². The van der Waals surface area contributed by atoms with Crippen LogP contribution in [-0.4, -0.2) is 42.6 Å². The SMILES string of the molecule is CNC(C)(C)CN1CC(C2CCCCC2)NC1=O. The van der Waals surface area contributed by atoms with Crippen molar-refractivity contribution in [3.8, 4) is 0 Å². The van der Waals surface area contributed by atoms with Gasteiger partial charge in [0.25, 0.3) is 0 Å². The molecule has 104 valence electrons. The lowest BCUT2D eigenvalue weighted by atomic mass is 9.84. The van der Waals surface area contributed by atoms with Gasteiger partial charge in [-0.25, -0.2) is 4.79 Å². The average molecular weight is 253 g/mol. The highest BCUT2D eigenvalue weighted by molar-refractivity contribution is 5.77. The van der Waals surface area contributed by atoms with Gasteiger partial charge in [0.05, 0.1) is 6.04 Å². The Kier molecular flexibility index (Phi) is 4.15. The molecule has 18 heavy (non-hydrogen) atoms. The number of amides is 2. The summed E-state index contributed by atoms with van der Waals surface area (Å²) in [5.41, 5.74) is -0.0151. The van der Waals surface area contributed by atoms with E-state index in [1.807, 2.05) is 11.9 Å². The molecule has 2 N–H and O–H groups in total. The molecule has 4 nitrogen and oxygen atoms in total. The molecule has 0 radical (unpaired) electrons. The number of carbonyl (C=O) groups excluding carboxylic acids is 1. The summed E-state index contributed by atoms with van der Waals surface area (Å²) in [4.78, 5) is 14.0. The van der Waals surface area contributed by atoms with Crippen molar-refractivity contribution < 1.29 is 4.79 Å². The minimum atomic E-state index is -0.0151. The molecule has 1 unspecified atom stereocenters. The summed E-state index contributed by atoms with van der Waals surface area (Å²) in [6, 6.07) is 0.499. The molecule has 0 aromatic heterocycles. The predicted molar refractivity (Wildman–Crippen MR) is 73.6 cm³/mol. The molecule has 0 bridgehead atoms. The van der Waals surface area contributed by atoms with E-state index in [1.54, 1.807) is 0 Å². The van der Waals surface area contributed by atoms with Crippen LogP contribution in [0, 0.1) is 5.92 Å². The Morgan fingerprint density at radius 2 is 2.00 bits per heavy atom. The molecule has 1 heterocycles. The third kappa shape index (κ3) is 3.16. The predicted octanol–water partition coefficient (Wildman–Crippen LogP) is 1.96. The van der Waals surface area contributed by atoms with Gasteiger partial charge in [-0.05, 0) is 39.7 Å². The van der Waals surface area contributed by atoms with Gasteiger partial charge < -0.3 is 15.5 Å². The van der Waals surface area contributed by atoms with Crippen molar-refractivity contribution in [1.82, 2.24) is 15.5 Å². The van der Waals surface area contributed by atoms with Crippen LogP contribution in [0.25, 0.3) is 0 Å². The molecule has 1 saturated heterocycles. The highest BCUT2D eigenvalue weighted by atomic mass is 16.2. The second kappa shape index (κ2) is 5.47. The van der Waals surface area contributed by atoms with Gasteiger partial charge in [0.2, 0.25) is 0 Å². The number of hydrogen-bond donors (Lipinski definition) is 2. The van der Waals surface area contributed by atoms with Crippen LogP contribution in [0.4, 0.5) is 4.79 Å². The molecule has 2 rings (SSSR count). The van der Waals surface area contributed by atoms with Gasteiger partial charge in [-0.15, -0.1) is 0 Å². The van der Waals surface area contributed by atoms with E-state index in [2.05, 4.69) is 24.5 Å². The number of hydrogen-bond acceptors (Lipinski definition) is 2. The molecule has 2 amide bonds. The Morgan fingerprint density at radius 1 is 1.33 bits per heavy atom. The number of nitrogens with zero attached hydrogens (tertiary/aromatic N) is 1. The summed E-state index contributed by atoms with van der Waals surface area (Å²) >= 11 is 0. The zero-order valence-corrected chi connectivity index (χ0v) is 12.0. The maximum atomic E-state index is 12.0. The first-order valence-corrected chi connectivity index (χ1v) is 7.26. The van der Waals surface area contributed by atoms with Crippen LogP contribution in [-0.2, 0) is 0 Å². The summed E-state index contributed by atoms with van der Waals surface area (Å²) in [7, 11) is 1.95. The van der Waals surface area contributed by atoms with Crippen LogP contribution in [0.15, 0.2) is 0 Å². The Morgan fingerprint density at radius 3 is 2.61 bits per heavy atom. The average Bonchev–Trinajstić information content (AvgIpc) is 2.72. The van der Waals surface area contributed by atoms with Crippen molar-refractivity contribution in [2.24, 2.45) is 5.92 Å². The van der Waals surface area contributed by atoms with E-state index >= 15 is 0 Å². The highest BCUT2D eigenvalue weighted by Gasteiger charge is 2.36. The summed E-state index contributed by atoms with van der Waals surface area (Å²) in [5, 5.41) is 6.44. The maximum absolute atomic E-state index is 12.0. The first-order chi connectivity index (χ1) is 8.52. The molecular weight excluding hydrogens is 226 g/mol. The summed E-state index contributed by atoms with van der Waals surface area (Å²) < 4.78 is 0. The van der Waals surface area contributed by atoms with Crippen LogP contribution in [0.2, 0.25) is 0 Å². The zero-order valence-electron chi connectivity index (χ0n) is 12.0. The van der Waals surface area contributed by atoms with Gasteiger partial charge >= 0.3 is 6.03 Å². The molecule has 1 saturated carbocycles. The highest BCUT2D eigenvalue weighted by Crippen LogP contribution is 2.29. The molecule has 4 heteroatoms. The van der Waals surface area contributed by atoms with E-state index in [4.69, 9.17) is 0 Å². The summed E-state index contributed by atoms with van der Waals surface area (Å²) in [6.45, 7) is 5.93. The maximum Gasteiger partial charge on any atom is 0.317 e. The second-order valence-corrected chi connectivity index (χ2v) is 6.47. The summed E-state index contributed by atoms with van der Waals surface area (Å²) in [5.74, 6) is 0.699. The number of rotatable bonds is 4. The van der Waals surface area contributed by atoms with Crippen LogP contribution < -0.4 is 10.6 Å². The minimum absolute atomic E-state index is 0.0151. The van der Waals surface area contributed by atoms with E-state index in [-0.39, 0.29) is 11.6 Å². The number of nitrogens with one attached hydrogen (secondary N) is 2. The first kappa shape index (κ1) is 13.7. The monoisotopic (exact) mass is 253 g/mol. The molecule has 2 fully saturated rings. The largest absolute Gasteiger partial charge is 0.333 e. The minimum Gasteiger partial charge on any atom is -0.333 e. The fourth-order valence-electron chi connectivity index (χ4n) is 3.11. The lowest BCUT2D eigenvalue weighted by Crippen LogP contribution is -2.48. The van der Waals surface area contributed by atoms with Crippen molar-refractivity contribution >= 4 is 6.03 Å². The second-order valence-electron chi connectivity index (χ2n) is 6.47. The van der Waals surface area contributed by atoms with Crippen LogP contribution in [0.5, 0.6) is 0 Å². The number of urea groups is 1. The Labute approximate surface area is 110 Å². The van der Waals surface area contributed by atoms with Gasteiger partial charge in [0, 0.05) is 18.6 Å². The van der Waals surface area contributed by atoms with Gasteiger partial charge in [-0.2, -0.15) is 0 Å². The lowest BCUT2D eigenvalue weighted by molar-refractivity contribution is 0.200. The molecular formula is C14H27N3O. The van der Waals surface area contributed by atoms with Crippen molar-refractivity contribution in [2.75, 3.05) is 20.1 Å². The molecule has 0 aromatic rings. The Hall–Kier alpha value is -0.770. The van der Waals surface area contributed by atoms with Crippen molar-refractivity contribution in [3.05, 3.63) is 0 Å². The third-order valence-corrected chi connectivity index (χ3v) is 4.49. The van der Waals surface area contributed by atoms with E-state index in [9.17, 15) is 4.79 Å². The van der Waals surface area contributed by atoms with Crippen LogP contribution in [0.1, 0.15) is 46.0 Å². The molecule has 1 atom stereocenters. The normalized spacial score (nSPS) is 26.5. The zero-order chi connectivity index (χ0) is 13.2. The molecule has 1 aliphatic carbocycles.